The number of hydrogen-bond acceptors (Lipinski definition) is 6. The number of anilines is 1. The van der Waals surface area contributed by atoms with Crippen molar-refractivity contribution in [3.05, 3.63) is 23.2 Å². The highest BCUT2D eigenvalue weighted by atomic mass is 35.5. The fraction of sp³-hybridized carbons (Fsp3) is 0.471. The zero-order valence-electron chi connectivity index (χ0n) is 15.1. The van der Waals surface area contributed by atoms with E-state index in [0.717, 1.165) is 4.90 Å². The standard InChI is InChI=1S/C17H20ClN3O5S2/c1-10(17(24)21-4-6-28(25,26)7-5-21)19-15(22)9-14-16(23)20-12-8-11(18)2-3-13(12)27-14/h2-3,8,10,14H,4-7,9H2,1H3,(H,19,22)(H,20,23). The number of amides is 3. The van der Waals surface area contributed by atoms with E-state index in [1.165, 1.54) is 16.7 Å². The number of carbonyl (C=O) groups excluding carboxylic acids is 3. The zero-order valence-corrected chi connectivity index (χ0v) is 17.5. The van der Waals surface area contributed by atoms with E-state index in [4.69, 9.17) is 11.6 Å². The maximum Gasteiger partial charge on any atom is 0.244 e. The number of benzene rings is 1. The molecule has 0 spiro atoms. The van der Waals surface area contributed by atoms with Gasteiger partial charge in [0.1, 0.15) is 6.04 Å². The fourth-order valence-electron chi connectivity index (χ4n) is 2.99. The summed E-state index contributed by atoms with van der Waals surface area (Å²) in [5.74, 6) is -1.18. The number of nitrogens with zero attached hydrogens (tertiary/aromatic N) is 1. The van der Waals surface area contributed by atoms with Crippen molar-refractivity contribution in [1.82, 2.24) is 10.2 Å². The van der Waals surface area contributed by atoms with Crippen molar-refractivity contribution in [2.45, 2.75) is 29.5 Å². The summed E-state index contributed by atoms with van der Waals surface area (Å²) in [5, 5.41) is 5.23. The Hall–Kier alpha value is -1.78. The molecule has 3 amide bonds. The summed E-state index contributed by atoms with van der Waals surface area (Å²) >= 11 is 7.19. The molecule has 2 N–H and O–H groups in total. The van der Waals surface area contributed by atoms with E-state index in [0.29, 0.717) is 10.7 Å². The number of sulfone groups is 1. The predicted molar refractivity (Wildman–Crippen MR) is 107 cm³/mol. The van der Waals surface area contributed by atoms with Gasteiger partial charge in [-0.05, 0) is 25.1 Å². The first-order valence-electron chi connectivity index (χ1n) is 8.70. The van der Waals surface area contributed by atoms with Crippen molar-refractivity contribution in [2.24, 2.45) is 0 Å². The van der Waals surface area contributed by atoms with Crippen LogP contribution in [-0.2, 0) is 24.2 Å². The molecule has 0 bridgehead atoms. The second kappa shape index (κ2) is 8.30. The average Bonchev–Trinajstić information content (AvgIpc) is 2.62. The summed E-state index contributed by atoms with van der Waals surface area (Å²) in [7, 11) is -3.09. The number of nitrogens with one attached hydrogen (secondary N) is 2. The number of carbonyl (C=O) groups is 3. The Balaban J connectivity index is 1.54. The third-order valence-electron chi connectivity index (χ3n) is 4.54. The van der Waals surface area contributed by atoms with Crippen LogP contribution in [0.15, 0.2) is 23.1 Å². The van der Waals surface area contributed by atoms with Gasteiger partial charge in [-0.3, -0.25) is 14.4 Å². The largest absolute Gasteiger partial charge is 0.345 e. The van der Waals surface area contributed by atoms with E-state index in [-0.39, 0.29) is 42.8 Å². The van der Waals surface area contributed by atoms with Crippen LogP contribution in [0.5, 0.6) is 0 Å². The highest BCUT2D eigenvalue weighted by Gasteiger charge is 2.32. The molecular weight excluding hydrogens is 426 g/mol. The summed E-state index contributed by atoms with van der Waals surface area (Å²) in [6.45, 7) is 1.80. The van der Waals surface area contributed by atoms with Gasteiger partial charge in [0.25, 0.3) is 0 Å². The Kier molecular flexibility index (Phi) is 6.21. The summed E-state index contributed by atoms with van der Waals surface area (Å²) in [5.41, 5.74) is 0.614. The summed E-state index contributed by atoms with van der Waals surface area (Å²) in [4.78, 5) is 39.3. The van der Waals surface area contributed by atoms with Crippen molar-refractivity contribution in [3.63, 3.8) is 0 Å². The van der Waals surface area contributed by atoms with Gasteiger partial charge < -0.3 is 15.5 Å². The van der Waals surface area contributed by atoms with Gasteiger partial charge in [-0.1, -0.05) is 11.6 Å². The molecule has 0 aromatic heterocycles. The number of rotatable bonds is 4. The lowest BCUT2D eigenvalue weighted by molar-refractivity contribution is -0.135. The first kappa shape index (κ1) is 20.9. The molecule has 8 nitrogen and oxygen atoms in total. The van der Waals surface area contributed by atoms with Gasteiger partial charge >= 0.3 is 0 Å². The second-order valence-corrected chi connectivity index (χ2v) is 10.7. The molecule has 1 fully saturated rings. The van der Waals surface area contributed by atoms with Gasteiger partial charge in [0.2, 0.25) is 17.7 Å². The summed E-state index contributed by atoms with van der Waals surface area (Å²) < 4.78 is 22.9. The van der Waals surface area contributed by atoms with E-state index in [1.807, 2.05) is 0 Å². The zero-order chi connectivity index (χ0) is 20.5. The first-order chi connectivity index (χ1) is 13.1. The van der Waals surface area contributed by atoms with E-state index < -0.39 is 27.0 Å². The van der Waals surface area contributed by atoms with E-state index in [1.54, 1.807) is 25.1 Å². The fourth-order valence-corrected chi connectivity index (χ4v) is 5.46. The summed E-state index contributed by atoms with van der Waals surface area (Å²) in [6, 6.07) is 4.35. The van der Waals surface area contributed by atoms with Crippen LogP contribution in [0.25, 0.3) is 0 Å². The van der Waals surface area contributed by atoms with Crippen molar-refractivity contribution >= 4 is 56.6 Å². The van der Waals surface area contributed by atoms with Gasteiger partial charge in [-0.2, -0.15) is 0 Å². The highest BCUT2D eigenvalue weighted by molar-refractivity contribution is 8.01. The van der Waals surface area contributed by atoms with Crippen LogP contribution in [0.1, 0.15) is 13.3 Å². The van der Waals surface area contributed by atoms with Crippen molar-refractivity contribution < 1.29 is 22.8 Å². The lowest BCUT2D eigenvalue weighted by Gasteiger charge is -2.29. The number of hydrogen-bond donors (Lipinski definition) is 2. The Labute approximate surface area is 172 Å². The maximum atomic E-state index is 12.4. The van der Waals surface area contributed by atoms with Gasteiger partial charge in [-0.15, -0.1) is 11.8 Å². The number of halogens is 1. The Morgan fingerprint density at radius 3 is 2.71 bits per heavy atom. The predicted octanol–water partition coefficient (Wildman–Crippen LogP) is 0.905. The van der Waals surface area contributed by atoms with Gasteiger partial charge in [0, 0.05) is 29.4 Å². The van der Waals surface area contributed by atoms with E-state index in [9.17, 15) is 22.8 Å². The van der Waals surface area contributed by atoms with E-state index in [2.05, 4.69) is 10.6 Å². The molecule has 3 rings (SSSR count). The van der Waals surface area contributed by atoms with Crippen molar-refractivity contribution in [1.29, 1.82) is 0 Å². The molecular formula is C17H20ClN3O5S2. The van der Waals surface area contributed by atoms with Crippen LogP contribution in [0.4, 0.5) is 5.69 Å². The lowest BCUT2D eigenvalue weighted by atomic mass is 10.2. The molecule has 0 saturated carbocycles. The Morgan fingerprint density at radius 1 is 1.36 bits per heavy atom. The highest BCUT2D eigenvalue weighted by Crippen LogP contribution is 2.38. The van der Waals surface area contributed by atoms with Crippen LogP contribution in [-0.4, -0.2) is 66.9 Å². The molecule has 152 valence electrons. The molecule has 2 aliphatic rings. The quantitative estimate of drug-likeness (QED) is 0.712. The summed E-state index contributed by atoms with van der Waals surface area (Å²) in [6.07, 6.45) is -0.0788. The van der Waals surface area contributed by atoms with Crippen molar-refractivity contribution in [2.75, 3.05) is 29.9 Å². The average molecular weight is 446 g/mol. The maximum absolute atomic E-state index is 12.4. The monoisotopic (exact) mass is 445 g/mol. The molecule has 11 heteroatoms. The minimum Gasteiger partial charge on any atom is -0.345 e. The molecule has 28 heavy (non-hydrogen) atoms. The topological polar surface area (TPSA) is 113 Å². The Morgan fingerprint density at radius 2 is 2.04 bits per heavy atom. The van der Waals surface area contributed by atoms with Gasteiger partial charge in [0.05, 0.1) is 22.4 Å². The minimum atomic E-state index is -3.09. The molecule has 2 unspecified atom stereocenters. The third kappa shape index (κ3) is 4.98. The molecule has 0 aliphatic carbocycles. The lowest BCUT2D eigenvalue weighted by Crippen LogP contribution is -2.52. The van der Waals surface area contributed by atoms with Gasteiger partial charge in [-0.25, -0.2) is 8.42 Å². The first-order valence-corrected chi connectivity index (χ1v) is 11.8. The molecule has 1 aromatic carbocycles. The molecule has 0 radical (unpaired) electrons. The van der Waals surface area contributed by atoms with Crippen LogP contribution < -0.4 is 10.6 Å². The van der Waals surface area contributed by atoms with Crippen LogP contribution in [0.2, 0.25) is 5.02 Å². The smallest absolute Gasteiger partial charge is 0.244 e. The molecule has 1 aromatic rings. The van der Waals surface area contributed by atoms with Crippen LogP contribution >= 0.6 is 23.4 Å². The molecule has 1 saturated heterocycles. The minimum absolute atomic E-state index is 0.0677. The van der Waals surface area contributed by atoms with E-state index >= 15 is 0 Å². The van der Waals surface area contributed by atoms with Crippen LogP contribution in [0.3, 0.4) is 0 Å². The second-order valence-electron chi connectivity index (χ2n) is 6.71. The molecule has 2 heterocycles. The molecule has 2 atom stereocenters. The number of thioether (sulfide) groups is 1. The van der Waals surface area contributed by atoms with Crippen molar-refractivity contribution in [3.8, 4) is 0 Å². The number of fused-ring (bicyclic) bond motifs is 1. The Bertz CT molecular complexity index is 907. The van der Waals surface area contributed by atoms with Gasteiger partial charge in [0.15, 0.2) is 9.84 Å². The third-order valence-corrected chi connectivity index (χ3v) is 7.66. The SMILES string of the molecule is CC(NC(=O)CC1Sc2ccc(Cl)cc2NC1=O)C(=O)N1CCS(=O)(=O)CC1. The molecule has 2 aliphatic heterocycles. The normalized spacial score (nSPS) is 22.0. The van der Waals surface area contributed by atoms with Crippen LogP contribution in [0, 0.1) is 0 Å².